The third-order valence-electron chi connectivity index (χ3n) is 1.53. The lowest BCUT2D eigenvalue weighted by molar-refractivity contribution is 0.0926. The number of carbonyl (C=O) groups is 1. The van der Waals surface area contributed by atoms with Crippen molar-refractivity contribution >= 4 is 5.78 Å². The molecular formula is C7H6N2O2. The lowest BCUT2D eigenvalue weighted by atomic mass is 10.2. The van der Waals surface area contributed by atoms with Gasteiger partial charge in [-0.2, -0.15) is 0 Å². The van der Waals surface area contributed by atoms with E-state index in [2.05, 4.69) is 9.97 Å². The molecule has 0 saturated carbocycles. The van der Waals surface area contributed by atoms with Crippen molar-refractivity contribution in [3.63, 3.8) is 0 Å². The smallest absolute Gasteiger partial charge is 0.188 e. The zero-order chi connectivity index (χ0) is 7.68. The van der Waals surface area contributed by atoms with E-state index in [0.717, 1.165) is 0 Å². The molecule has 11 heavy (non-hydrogen) atoms. The number of carbonyl (C=O) groups excluding carboxylic acids is 1. The zero-order valence-electron chi connectivity index (χ0n) is 5.78. The predicted octanol–water partition coefficient (Wildman–Crippen LogP) is 0.442. The monoisotopic (exact) mass is 150 g/mol. The number of rotatable bonds is 0. The van der Waals surface area contributed by atoms with Crippen LogP contribution in [0.5, 0.6) is 5.75 Å². The van der Waals surface area contributed by atoms with Crippen molar-refractivity contribution in [1.29, 1.82) is 0 Å². The molecule has 4 nitrogen and oxygen atoms in total. The molecule has 1 aromatic heterocycles. The number of ether oxygens (including phenoxy) is 1. The van der Waals surface area contributed by atoms with Gasteiger partial charge in [-0.25, -0.2) is 9.97 Å². The van der Waals surface area contributed by atoms with Crippen molar-refractivity contribution in [2.24, 2.45) is 0 Å². The second-order valence-electron chi connectivity index (χ2n) is 2.26. The van der Waals surface area contributed by atoms with Gasteiger partial charge in [0.05, 0.1) is 12.8 Å². The molecule has 1 aliphatic heterocycles. The number of Topliss-reactive ketones (excluding diaryl/α,β-unsaturated/α-hetero) is 1. The van der Waals surface area contributed by atoms with Gasteiger partial charge < -0.3 is 4.74 Å². The highest BCUT2D eigenvalue weighted by Crippen LogP contribution is 2.19. The van der Waals surface area contributed by atoms with Crippen LogP contribution in [-0.2, 0) is 0 Å². The van der Waals surface area contributed by atoms with Crippen LogP contribution in [0.4, 0.5) is 0 Å². The van der Waals surface area contributed by atoms with Crippen LogP contribution >= 0.6 is 0 Å². The van der Waals surface area contributed by atoms with Crippen LogP contribution in [0.15, 0.2) is 12.5 Å². The molecule has 0 fully saturated rings. The van der Waals surface area contributed by atoms with Crippen LogP contribution in [0, 0.1) is 0 Å². The first-order chi connectivity index (χ1) is 5.38. The topological polar surface area (TPSA) is 52.1 Å². The molecule has 0 aromatic carbocycles. The molecule has 0 spiro atoms. The lowest BCUT2D eigenvalue weighted by Crippen LogP contribution is -2.16. The molecular weight excluding hydrogens is 144 g/mol. The molecule has 2 rings (SSSR count). The van der Waals surface area contributed by atoms with Gasteiger partial charge >= 0.3 is 0 Å². The van der Waals surface area contributed by atoms with Crippen LogP contribution in [0.2, 0.25) is 0 Å². The molecule has 1 aliphatic rings. The van der Waals surface area contributed by atoms with E-state index in [-0.39, 0.29) is 5.78 Å². The van der Waals surface area contributed by atoms with Crippen LogP contribution in [0.3, 0.4) is 0 Å². The minimum absolute atomic E-state index is 0.0358. The van der Waals surface area contributed by atoms with E-state index in [4.69, 9.17) is 4.74 Å². The molecule has 0 unspecified atom stereocenters. The summed E-state index contributed by atoms with van der Waals surface area (Å²) < 4.78 is 5.15. The number of ketones is 1. The van der Waals surface area contributed by atoms with Crippen LogP contribution in [0.25, 0.3) is 0 Å². The Kier molecular flexibility index (Phi) is 1.31. The van der Waals surface area contributed by atoms with Gasteiger partial charge in [0.15, 0.2) is 17.2 Å². The molecule has 0 N–H and O–H groups in total. The highest BCUT2D eigenvalue weighted by Gasteiger charge is 2.18. The van der Waals surface area contributed by atoms with Crippen molar-refractivity contribution < 1.29 is 9.53 Å². The van der Waals surface area contributed by atoms with Gasteiger partial charge in [0, 0.05) is 6.42 Å². The SMILES string of the molecule is O=C1CCOc2cncnc21. The van der Waals surface area contributed by atoms with E-state index in [1.165, 1.54) is 12.5 Å². The van der Waals surface area contributed by atoms with Crippen molar-refractivity contribution in [1.82, 2.24) is 9.97 Å². The first kappa shape index (κ1) is 6.27. The predicted molar refractivity (Wildman–Crippen MR) is 36.5 cm³/mol. The maximum Gasteiger partial charge on any atom is 0.188 e. The number of hydrogen-bond acceptors (Lipinski definition) is 4. The molecule has 56 valence electrons. The average molecular weight is 150 g/mol. The Morgan fingerprint density at radius 2 is 2.45 bits per heavy atom. The number of aromatic nitrogens is 2. The molecule has 0 aliphatic carbocycles. The van der Waals surface area contributed by atoms with E-state index in [0.29, 0.717) is 24.5 Å². The quantitative estimate of drug-likeness (QED) is 0.538. The fourth-order valence-electron chi connectivity index (χ4n) is 1.00. The summed E-state index contributed by atoms with van der Waals surface area (Å²) in [6.45, 7) is 0.444. The molecule has 4 heteroatoms. The summed E-state index contributed by atoms with van der Waals surface area (Å²) in [4.78, 5) is 18.7. The van der Waals surface area contributed by atoms with Gasteiger partial charge in [-0.15, -0.1) is 0 Å². The molecule has 2 heterocycles. The van der Waals surface area contributed by atoms with Gasteiger partial charge in [0.1, 0.15) is 6.33 Å². The first-order valence-electron chi connectivity index (χ1n) is 3.34. The Morgan fingerprint density at radius 3 is 3.27 bits per heavy atom. The highest BCUT2D eigenvalue weighted by molar-refractivity contribution is 5.97. The summed E-state index contributed by atoms with van der Waals surface area (Å²) in [5.74, 6) is 0.539. The summed E-state index contributed by atoms with van der Waals surface area (Å²) in [6.07, 6.45) is 3.29. The Hall–Kier alpha value is -1.45. The summed E-state index contributed by atoms with van der Waals surface area (Å²) in [6, 6.07) is 0. The standard InChI is InChI=1S/C7H6N2O2/c10-5-1-2-11-6-3-8-4-9-7(5)6/h3-4H,1-2H2. The minimum atomic E-state index is 0.0358. The first-order valence-corrected chi connectivity index (χ1v) is 3.34. The molecule has 0 radical (unpaired) electrons. The van der Waals surface area contributed by atoms with Gasteiger partial charge in [0.2, 0.25) is 0 Å². The summed E-state index contributed by atoms with van der Waals surface area (Å²) in [7, 11) is 0. The Morgan fingerprint density at radius 1 is 1.55 bits per heavy atom. The van der Waals surface area contributed by atoms with Gasteiger partial charge in [-0.3, -0.25) is 4.79 Å². The van der Waals surface area contributed by atoms with Crippen LogP contribution in [0.1, 0.15) is 16.9 Å². The normalized spacial score (nSPS) is 15.5. The van der Waals surface area contributed by atoms with Gasteiger partial charge in [-0.05, 0) is 0 Å². The number of nitrogens with zero attached hydrogens (tertiary/aromatic N) is 2. The van der Waals surface area contributed by atoms with E-state index in [1.54, 1.807) is 0 Å². The third-order valence-corrected chi connectivity index (χ3v) is 1.53. The Labute approximate surface area is 63.2 Å². The maximum absolute atomic E-state index is 11.1. The van der Waals surface area contributed by atoms with E-state index in [9.17, 15) is 4.79 Å². The van der Waals surface area contributed by atoms with Crippen molar-refractivity contribution in [3.8, 4) is 5.75 Å². The summed E-state index contributed by atoms with van der Waals surface area (Å²) in [5.41, 5.74) is 0.409. The summed E-state index contributed by atoms with van der Waals surface area (Å²) in [5, 5.41) is 0. The number of fused-ring (bicyclic) bond motifs is 1. The van der Waals surface area contributed by atoms with Crippen LogP contribution in [-0.4, -0.2) is 22.4 Å². The molecule has 0 saturated heterocycles. The van der Waals surface area contributed by atoms with Crippen molar-refractivity contribution in [2.45, 2.75) is 6.42 Å². The second kappa shape index (κ2) is 2.30. The summed E-state index contributed by atoms with van der Waals surface area (Å²) >= 11 is 0. The zero-order valence-corrected chi connectivity index (χ0v) is 5.78. The van der Waals surface area contributed by atoms with E-state index in [1.807, 2.05) is 0 Å². The van der Waals surface area contributed by atoms with Crippen molar-refractivity contribution in [2.75, 3.05) is 6.61 Å². The fraction of sp³-hybridized carbons (Fsp3) is 0.286. The Balaban J connectivity index is 2.52. The van der Waals surface area contributed by atoms with Crippen molar-refractivity contribution in [3.05, 3.63) is 18.2 Å². The molecule has 0 bridgehead atoms. The van der Waals surface area contributed by atoms with Gasteiger partial charge in [-0.1, -0.05) is 0 Å². The minimum Gasteiger partial charge on any atom is -0.489 e. The van der Waals surface area contributed by atoms with E-state index < -0.39 is 0 Å². The lowest BCUT2D eigenvalue weighted by Gasteiger charge is -2.13. The van der Waals surface area contributed by atoms with Crippen LogP contribution < -0.4 is 4.74 Å². The molecule has 0 atom stereocenters. The average Bonchev–Trinajstić information content (AvgIpc) is 2.06. The highest BCUT2D eigenvalue weighted by atomic mass is 16.5. The second-order valence-corrected chi connectivity index (χ2v) is 2.26. The molecule has 1 aromatic rings. The Bertz CT molecular complexity index is 298. The number of hydrogen-bond donors (Lipinski definition) is 0. The van der Waals surface area contributed by atoms with E-state index >= 15 is 0 Å². The third kappa shape index (κ3) is 0.960. The molecule has 0 amide bonds. The fourth-order valence-corrected chi connectivity index (χ4v) is 1.00. The van der Waals surface area contributed by atoms with Gasteiger partial charge in [0.25, 0.3) is 0 Å². The maximum atomic E-state index is 11.1. The largest absolute Gasteiger partial charge is 0.489 e.